The Balaban J connectivity index is 2.04. The lowest BCUT2D eigenvalue weighted by molar-refractivity contribution is 0.117. The van der Waals surface area contributed by atoms with E-state index in [1.165, 1.54) is 37.7 Å². The Morgan fingerprint density at radius 2 is 2.00 bits per heavy atom. The standard InChI is InChI=1S/C15H23ClN2O/c16-14-7-6-12(10-15(14)17)11-18(8-9-19)13-4-2-1-3-5-13/h6-7,10,13,19H,1-5,8-9,11,17H2. The molecule has 4 heteroatoms. The van der Waals surface area contributed by atoms with Crippen molar-refractivity contribution in [1.82, 2.24) is 4.90 Å². The lowest BCUT2D eigenvalue weighted by atomic mass is 9.94. The van der Waals surface area contributed by atoms with Gasteiger partial charge in [-0.2, -0.15) is 0 Å². The summed E-state index contributed by atoms with van der Waals surface area (Å²) in [7, 11) is 0. The number of anilines is 1. The van der Waals surface area contributed by atoms with Crippen LogP contribution in [0.1, 0.15) is 37.7 Å². The number of nitrogen functional groups attached to an aromatic ring is 1. The Morgan fingerprint density at radius 1 is 1.26 bits per heavy atom. The van der Waals surface area contributed by atoms with Crippen molar-refractivity contribution in [2.24, 2.45) is 0 Å². The highest BCUT2D eigenvalue weighted by Crippen LogP contribution is 2.25. The van der Waals surface area contributed by atoms with Crippen LogP contribution in [0, 0.1) is 0 Å². The van der Waals surface area contributed by atoms with Crippen molar-refractivity contribution in [3.05, 3.63) is 28.8 Å². The number of nitrogens with two attached hydrogens (primary N) is 1. The lowest BCUT2D eigenvalue weighted by Crippen LogP contribution is -2.38. The highest BCUT2D eigenvalue weighted by molar-refractivity contribution is 6.33. The van der Waals surface area contributed by atoms with Gasteiger partial charge in [-0.1, -0.05) is 36.9 Å². The van der Waals surface area contributed by atoms with Gasteiger partial charge in [0, 0.05) is 19.1 Å². The van der Waals surface area contributed by atoms with Crippen molar-refractivity contribution in [1.29, 1.82) is 0 Å². The molecule has 106 valence electrons. The predicted molar refractivity (Wildman–Crippen MR) is 80.2 cm³/mol. The molecule has 0 aromatic heterocycles. The average Bonchev–Trinajstić information content (AvgIpc) is 2.43. The second-order valence-corrected chi connectivity index (χ2v) is 5.75. The molecule has 0 spiro atoms. The summed E-state index contributed by atoms with van der Waals surface area (Å²) in [4.78, 5) is 2.38. The first-order valence-corrected chi connectivity index (χ1v) is 7.47. The Hall–Kier alpha value is -0.770. The highest BCUT2D eigenvalue weighted by Gasteiger charge is 2.20. The Morgan fingerprint density at radius 3 is 2.63 bits per heavy atom. The van der Waals surface area contributed by atoms with Crippen molar-refractivity contribution >= 4 is 17.3 Å². The van der Waals surface area contributed by atoms with Crippen LogP contribution in [-0.4, -0.2) is 29.2 Å². The molecule has 0 amide bonds. The fourth-order valence-corrected chi connectivity index (χ4v) is 3.01. The fourth-order valence-electron chi connectivity index (χ4n) is 2.89. The molecule has 0 heterocycles. The molecule has 1 saturated carbocycles. The van der Waals surface area contributed by atoms with E-state index in [-0.39, 0.29) is 6.61 Å². The van der Waals surface area contributed by atoms with Gasteiger partial charge < -0.3 is 10.8 Å². The second-order valence-electron chi connectivity index (χ2n) is 5.34. The summed E-state index contributed by atoms with van der Waals surface area (Å²) in [6.45, 7) is 1.78. The quantitative estimate of drug-likeness (QED) is 0.816. The van der Waals surface area contributed by atoms with Crippen LogP contribution in [0.3, 0.4) is 0 Å². The third-order valence-electron chi connectivity index (χ3n) is 3.92. The normalized spacial score (nSPS) is 17.0. The van der Waals surface area contributed by atoms with Crippen LogP contribution in [0.25, 0.3) is 0 Å². The van der Waals surface area contributed by atoms with Gasteiger partial charge in [-0.25, -0.2) is 0 Å². The minimum atomic E-state index is 0.208. The zero-order valence-corrected chi connectivity index (χ0v) is 12.1. The lowest BCUT2D eigenvalue weighted by Gasteiger charge is -2.34. The van der Waals surface area contributed by atoms with Gasteiger partial charge >= 0.3 is 0 Å². The first-order chi connectivity index (χ1) is 9.20. The van der Waals surface area contributed by atoms with Gasteiger partial charge in [-0.3, -0.25) is 4.90 Å². The van der Waals surface area contributed by atoms with Crippen molar-refractivity contribution in [3.63, 3.8) is 0 Å². The smallest absolute Gasteiger partial charge is 0.0635 e. The van der Waals surface area contributed by atoms with E-state index in [1.54, 1.807) is 0 Å². The number of aliphatic hydroxyl groups excluding tert-OH is 1. The summed E-state index contributed by atoms with van der Waals surface area (Å²) in [6, 6.07) is 6.41. The largest absolute Gasteiger partial charge is 0.398 e. The molecule has 0 aliphatic heterocycles. The molecular weight excluding hydrogens is 260 g/mol. The van der Waals surface area contributed by atoms with Gasteiger partial charge in [0.2, 0.25) is 0 Å². The molecular formula is C15H23ClN2O. The molecule has 1 aromatic carbocycles. The third-order valence-corrected chi connectivity index (χ3v) is 4.27. The molecule has 1 aromatic rings. The predicted octanol–water partition coefficient (Wildman–Crippen LogP) is 3.05. The summed E-state index contributed by atoms with van der Waals surface area (Å²) in [5.74, 6) is 0. The Kier molecular flexibility index (Phi) is 5.49. The van der Waals surface area contributed by atoms with Gasteiger partial charge in [0.1, 0.15) is 0 Å². The fraction of sp³-hybridized carbons (Fsp3) is 0.600. The molecule has 1 aliphatic rings. The van der Waals surface area contributed by atoms with E-state index < -0.39 is 0 Å². The molecule has 2 rings (SSSR count). The second kappa shape index (κ2) is 7.13. The molecule has 3 nitrogen and oxygen atoms in total. The minimum Gasteiger partial charge on any atom is -0.398 e. The van der Waals surface area contributed by atoms with Crippen LogP contribution in [-0.2, 0) is 6.54 Å². The molecule has 1 aliphatic carbocycles. The Bertz CT molecular complexity index is 405. The van der Waals surface area contributed by atoms with Crippen LogP contribution < -0.4 is 5.73 Å². The van der Waals surface area contributed by atoms with E-state index >= 15 is 0 Å². The van der Waals surface area contributed by atoms with E-state index in [2.05, 4.69) is 4.90 Å². The zero-order valence-electron chi connectivity index (χ0n) is 11.3. The van der Waals surface area contributed by atoms with E-state index in [1.807, 2.05) is 18.2 Å². The van der Waals surface area contributed by atoms with E-state index in [9.17, 15) is 5.11 Å². The summed E-state index contributed by atoms with van der Waals surface area (Å²) >= 11 is 5.95. The van der Waals surface area contributed by atoms with E-state index in [0.29, 0.717) is 16.8 Å². The van der Waals surface area contributed by atoms with Crippen molar-refractivity contribution in [2.45, 2.75) is 44.7 Å². The molecule has 0 unspecified atom stereocenters. The van der Waals surface area contributed by atoms with Crippen LogP contribution in [0.2, 0.25) is 5.02 Å². The van der Waals surface area contributed by atoms with Gasteiger partial charge in [-0.15, -0.1) is 0 Å². The molecule has 0 atom stereocenters. The number of benzene rings is 1. The van der Waals surface area contributed by atoms with Crippen molar-refractivity contribution < 1.29 is 5.11 Å². The molecule has 1 fully saturated rings. The van der Waals surface area contributed by atoms with Gasteiger partial charge in [0.15, 0.2) is 0 Å². The number of aliphatic hydroxyl groups is 1. The topological polar surface area (TPSA) is 49.5 Å². The van der Waals surface area contributed by atoms with Gasteiger partial charge in [0.05, 0.1) is 17.3 Å². The number of hydrogen-bond acceptors (Lipinski definition) is 3. The molecule has 0 radical (unpaired) electrons. The summed E-state index contributed by atoms with van der Waals surface area (Å²) < 4.78 is 0. The molecule has 0 saturated heterocycles. The van der Waals surface area contributed by atoms with Crippen LogP contribution in [0.15, 0.2) is 18.2 Å². The maximum absolute atomic E-state index is 9.26. The monoisotopic (exact) mass is 282 g/mol. The van der Waals surface area contributed by atoms with E-state index in [4.69, 9.17) is 17.3 Å². The summed E-state index contributed by atoms with van der Waals surface area (Å²) in [6.07, 6.45) is 6.42. The SMILES string of the molecule is Nc1cc(CN(CCO)C2CCCCC2)ccc1Cl. The summed E-state index contributed by atoms with van der Waals surface area (Å²) in [5.41, 5.74) is 7.65. The van der Waals surface area contributed by atoms with Crippen molar-refractivity contribution in [2.75, 3.05) is 18.9 Å². The van der Waals surface area contributed by atoms with E-state index in [0.717, 1.165) is 13.1 Å². The molecule has 3 N–H and O–H groups in total. The van der Waals surface area contributed by atoms with Gasteiger partial charge in [0.25, 0.3) is 0 Å². The zero-order chi connectivity index (χ0) is 13.7. The number of hydrogen-bond donors (Lipinski definition) is 2. The first kappa shape index (κ1) is 14.6. The first-order valence-electron chi connectivity index (χ1n) is 7.09. The Labute approximate surface area is 120 Å². The molecule has 19 heavy (non-hydrogen) atoms. The maximum Gasteiger partial charge on any atom is 0.0635 e. The highest BCUT2D eigenvalue weighted by atomic mass is 35.5. The maximum atomic E-state index is 9.26. The molecule has 0 bridgehead atoms. The van der Waals surface area contributed by atoms with Crippen LogP contribution in [0.4, 0.5) is 5.69 Å². The summed E-state index contributed by atoms with van der Waals surface area (Å²) in [5, 5.41) is 9.86. The number of rotatable bonds is 5. The van der Waals surface area contributed by atoms with Gasteiger partial charge in [-0.05, 0) is 30.5 Å². The minimum absolute atomic E-state index is 0.208. The van der Waals surface area contributed by atoms with Crippen LogP contribution >= 0.6 is 11.6 Å². The van der Waals surface area contributed by atoms with Crippen molar-refractivity contribution in [3.8, 4) is 0 Å². The van der Waals surface area contributed by atoms with Crippen LogP contribution in [0.5, 0.6) is 0 Å². The third kappa shape index (κ3) is 4.10. The number of nitrogens with zero attached hydrogens (tertiary/aromatic N) is 1. The number of halogens is 1. The average molecular weight is 283 g/mol.